The quantitative estimate of drug-likeness (QED) is 0.176. The Bertz CT molecular complexity index is 2830. The molecule has 7 aromatic carbocycles. The predicted molar refractivity (Wildman–Crippen MR) is 216 cm³/mol. The van der Waals surface area contributed by atoms with E-state index in [0.29, 0.717) is 0 Å². The standard InChI is InChI=1S/C50H36OS/c1-3-13-43-35(7-1)36-17-15-31(27-44(36)50(43)32-22-28-21-29(24-32)25-33(50)23-28)30-16-19-45-42(26-30)39-10-5-9-38-34(18-20-46(51-45)48(38)39)40-11-6-12-41-37-8-2-4-14-47(37)52-49(40)41/h1-20,26-29,32-33H,21-25H2. The van der Waals surface area contributed by atoms with E-state index in [1.165, 1.54) is 108 Å². The Kier molecular flexibility index (Phi) is 5.48. The van der Waals surface area contributed by atoms with Gasteiger partial charge in [-0.3, -0.25) is 0 Å². The number of thiophene rings is 1. The number of hydrogen-bond donors (Lipinski definition) is 0. The zero-order valence-electron chi connectivity index (χ0n) is 28.9. The SMILES string of the molecule is c1ccc2c(c1)-c1ccc(-c3ccc4c(c3)-c3cccc5c(-c6cccc7c6sc6ccccc67)ccc(c35)O4)cc1C21C2CC3CC(C2)CC1C3. The Morgan fingerprint density at radius 1 is 0.462 bits per heavy atom. The average molecular weight is 685 g/mol. The highest BCUT2D eigenvalue weighted by Gasteiger charge is 2.61. The molecule has 52 heavy (non-hydrogen) atoms. The summed E-state index contributed by atoms with van der Waals surface area (Å²) in [7, 11) is 0. The molecule has 4 fully saturated rings. The van der Waals surface area contributed by atoms with Crippen molar-refractivity contribution < 1.29 is 4.74 Å². The van der Waals surface area contributed by atoms with Crippen LogP contribution in [0.5, 0.6) is 11.5 Å². The molecule has 1 aliphatic heterocycles. The molecule has 2 heterocycles. The van der Waals surface area contributed by atoms with Gasteiger partial charge in [-0.1, -0.05) is 97.1 Å². The van der Waals surface area contributed by atoms with Crippen molar-refractivity contribution in [3.8, 4) is 56.0 Å². The summed E-state index contributed by atoms with van der Waals surface area (Å²) in [6.07, 6.45) is 7.11. The predicted octanol–water partition coefficient (Wildman–Crippen LogP) is 14.0. The number of rotatable bonds is 2. The topological polar surface area (TPSA) is 9.23 Å². The summed E-state index contributed by atoms with van der Waals surface area (Å²) >= 11 is 1.90. The van der Waals surface area contributed by atoms with E-state index < -0.39 is 0 Å². The van der Waals surface area contributed by atoms with Crippen molar-refractivity contribution in [2.45, 2.75) is 37.5 Å². The van der Waals surface area contributed by atoms with Gasteiger partial charge in [0.2, 0.25) is 0 Å². The molecule has 8 aromatic rings. The molecule has 0 N–H and O–H groups in total. The van der Waals surface area contributed by atoms with E-state index in [1.54, 1.807) is 11.1 Å². The monoisotopic (exact) mass is 684 g/mol. The maximum Gasteiger partial charge on any atom is 0.135 e. The van der Waals surface area contributed by atoms with E-state index >= 15 is 0 Å². The van der Waals surface area contributed by atoms with Crippen molar-refractivity contribution in [1.29, 1.82) is 0 Å². The second kappa shape index (κ2) is 10.0. The molecule has 1 nitrogen and oxygen atoms in total. The van der Waals surface area contributed by atoms with E-state index in [9.17, 15) is 0 Å². The van der Waals surface area contributed by atoms with Crippen LogP contribution in [0.15, 0.2) is 133 Å². The lowest BCUT2D eigenvalue weighted by Gasteiger charge is -2.61. The molecule has 14 rings (SSSR count). The maximum atomic E-state index is 6.74. The van der Waals surface area contributed by atoms with Crippen LogP contribution in [0.1, 0.15) is 43.2 Å². The largest absolute Gasteiger partial charge is 0.456 e. The van der Waals surface area contributed by atoms with Gasteiger partial charge in [0.15, 0.2) is 0 Å². The lowest BCUT2D eigenvalue weighted by Crippen LogP contribution is -2.55. The fraction of sp³-hybridized carbons (Fsp3) is 0.200. The second-order valence-corrected chi connectivity index (χ2v) is 17.5. The number of hydrogen-bond acceptors (Lipinski definition) is 2. The van der Waals surface area contributed by atoms with Crippen LogP contribution in [0.25, 0.3) is 75.5 Å². The minimum Gasteiger partial charge on any atom is -0.456 e. The summed E-state index contributed by atoms with van der Waals surface area (Å²) < 4.78 is 9.42. The van der Waals surface area contributed by atoms with Gasteiger partial charge in [0.25, 0.3) is 0 Å². The minimum atomic E-state index is 0.172. The molecule has 6 aliphatic rings. The van der Waals surface area contributed by atoms with Crippen LogP contribution in [0, 0.1) is 23.7 Å². The van der Waals surface area contributed by atoms with Crippen LogP contribution < -0.4 is 4.74 Å². The smallest absolute Gasteiger partial charge is 0.135 e. The average Bonchev–Trinajstić information content (AvgIpc) is 3.71. The van der Waals surface area contributed by atoms with Crippen LogP contribution in [0.3, 0.4) is 0 Å². The van der Waals surface area contributed by atoms with Crippen LogP contribution in [0.2, 0.25) is 0 Å². The van der Waals surface area contributed by atoms with Gasteiger partial charge < -0.3 is 4.74 Å². The molecular weight excluding hydrogens is 649 g/mol. The van der Waals surface area contributed by atoms with Gasteiger partial charge in [-0.25, -0.2) is 0 Å². The normalized spacial score (nSPS) is 24.4. The van der Waals surface area contributed by atoms with Crippen molar-refractivity contribution in [3.63, 3.8) is 0 Å². The second-order valence-electron chi connectivity index (χ2n) is 16.4. The van der Waals surface area contributed by atoms with Crippen molar-refractivity contribution in [3.05, 3.63) is 145 Å². The molecule has 0 unspecified atom stereocenters. The Morgan fingerprint density at radius 2 is 1.12 bits per heavy atom. The maximum absolute atomic E-state index is 6.74. The highest BCUT2D eigenvalue weighted by molar-refractivity contribution is 7.26. The third-order valence-corrected chi connectivity index (χ3v) is 15.3. The molecule has 4 bridgehead atoms. The summed E-state index contributed by atoms with van der Waals surface area (Å²) in [6, 6.07) is 50.6. The molecule has 2 heteroatoms. The zero-order chi connectivity index (χ0) is 33.7. The van der Waals surface area contributed by atoms with Crippen LogP contribution in [-0.4, -0.2) is 0 Å². The van der Waals surface area contributed by atoms with Gasteiger partial charge >= 0.3 is 0 Å². The molecule has 5 aliphatic carbocycles. The lowest BCUT2D eigenvalue weighted by molar-refractivity contribution is -0.0399. The fourth-order valence-corrected chi connectivity index (χ4v) is 13.6. The fourth-order valence-electron chi connectivity index (χ4n) is 12.3. The highest BCUT2D eigenvalue weighted by atomic mass is 32.1. The first-order valence-corrected chi connectivity index (χ1v) is 20.1. The van der Waals surface area contributed by atoms with Crippen LogP contribution in [-0.2, 0) is 5.41 Å². The zero-order valence-corrected chi connectivity index (χ0v) is 29.7. The van der Waals surface area contributed by atoms with Crippen molar-refractivity contribution >= 4 is 42.3 Å². The van der Waals surface area contributed by atoms with Gasteiger partial charge in [0.1, 0.15) is 11.5 Å². The third kappa shape index (κ3) is 3.54. The van der Waals surface area contributed by atoms with E-state index in [4.69, 9.17) is 4.74 Å². The Balaban J connectivity index is 0.967. The van der Waals surface area contributed by atoms with E-state index in [0.717, 1.165) is 35.2 Å². The highest BCUT2D eigenvalue weighted by Crippen LogP contribution is 2.69. The first-order chi connectivity index (χ1) is 25.7. The summed E-state index contributed by atoms with van der Waals surface area (Å²) in [4.78, 5) is 0. The summed E-state index contributed by atoms with van der Waals surface area (Å²) in [5, 5.41) is 5.12. The summed E-state index contributed by atoms with van der Waals surface area (Å²) in [5.41, 5.74) is 14.0. The molecule has 1 spiro atoms. The van der Waals surface area contributed by atoms with Crippen molar-refractivity contribution in [2.24, 2.45) is 23.7 Å². The summed E-state index contributed by atoms with van der Waals surface area (Å²) in [5.74, 6) is 5.29. The number of fused-ring (bicyclic) bond motifs is 8. The van der Waals surface area contributed by atoms with Crippen molar-refractivity contribution in [2.75, 3.05) is 0 Å². The van der Waals surface area contributed by atoms with Crippen LogP contribution in [0.4, 0.5) is 0 Å². The lowest BCUT2D eigenvalue weighted by atomic mass is 9.43. The van der Waals surface area contributed by atoms with Gasteiger partial charge in [-0.05, 0) is 142 Å². The van der Waals surface area contributed by atoms with E-state index in [1.807, 2.05) is 11.3 Å². The Hall–Kier alpha value is -5.18. The molecule has 248 valence electrons. The van der Waals surface area contributed by atoms with E-state index in [2.05, 4.69) is 133 Å². The van der Waals surface area contributed by atoms with Gasteiger partial charge in [-0.15, -0.1) is 11.3 Å². The van der Waals surface area contributed by atoms with Gasteiger partial charge in [0.05, 0.1) is 0 Å². The van der Waals surface area contributed by atoms with Crippen LogP contribution >= 0.6 is 11.3 Å². The number of ether oxygens (including phenoxy) is 1. The number of benzene rings is 7. The summed E-state index contributed by atoms with van der Waals surface area (Å²) in [6.45, 7) is 0. The molecule has 1 aromatic heterocycles. The molecule has 0 radical (unpaired) electrons. The Labute approximate surface area is 307 Å². The molecule has 0 saturated heterocycles. The van der Waals surface area contributed by atoms with Crippen molar-refractivity contribution in [1.82, 2.24) is 0 Å². The minimum absolute atomic E-state index is 0.172. The Morgan fingerprint density at radius 3 is 2.00 bits per heavy atom. The van der Waals surface area contributed by atoms with Gasteiger partial charge in [-0.2, -0.15) is 0 Å². The first-order valence-electron chi connectivity index (χ1n) is 19.3. The molecule has 0 atom stereocenters. The molecule has 4 saturated carbocycles. The van der Waals surface area contributed by atoms with Gasteiger partial charge in [0, 0.05) is 42.1 Å². The molecular formula is C50H36OS. The third-order valence-electron chi connectivity index (χ3n) is 14.1. The molecule has 0 amide bonds. The van der Waals surface area contributed by atoms with E-state index in [-0.39, 0.29) is 5.41 Å². The first kappa shape index (κ1) is 28.4.